The molecule has 0 unspecified atom stereocenters. The number of nitro groups is 1. The van der Waals surface area contributed by atoms with E-state index in [0.29, 0.717) is 15.7 Å². The highest BCUT2D eigenvalue weighted by atomic mass is 35.5. The lowest BCUT2D eigenvalue weighted by Crippen LogP contribution is -2.30. The zero-order valence-corrected chi connectivity index (χ0v) is 15.0. The number of allylic oxidation sites excluding steroid dienone is 2. The predicted octanol–water partition coefficient (Wildman–Crippen LogP) is 5.60. The molecule has 5 nitrogen and oxygen atoms in total. The van der Waals surface area contributed by atoms with E-state index in [-0.39, 0.29) is 29.1 Å². The highest BCUT2D eigenvalue weighted by Crippen LogP contribution is 2.53. The lowest BCUT2D eigenvalue weighted by molar-refractivity contribution is -0.384. The molecule has 1 aliphatic heterocycles. The zero-order valence-electron chi connectivity index (χ0n) is 13.4. The Labute approximate surface area is 160 Å². The van der Waals surface area contributed by atoms with Crippen LogP contribution in [0, 0.1) is 27.4 Å². The molecule has 0 bridgehead atoms. The summed E-state index contributed by atoms with van der Waals surface area (Å²) in [5.74, 6) is 0.0871. The Kier molecular flexibility index (Phi) is 4.10. The quantitative estimate of drug-likeness (QED) is 0.414. The maximum absolute atomic E-state index is 11.2. The second-order valence-electron chi connectivity index (χ2n) is 6.44. The van der Waals surface area contributed by atoms with Crippen molar-refractivity contribution in [1.29, 1.82) is 5.26 Å². The molecule has 0 saturated heterocycles. The van der Waals surface area contributed by atoms with Crippen LogP contribution in [0.15, 0.2) is 42.5 Å². The lowest BCUT2D eigenvalue weighted by atomic mass is 9.76. The molecule has 0 fully saturated rings. The first-order valence-electron chi connectivity index (χ1n) is 8.10. The number of hydrogen-bond acceptors (Lipinski definition) is 4. The SMILES string of the molecule is N#Cc1cc([N+](=O)[O-])cc2c1N[C@@H](c1c(Cl)cccc1Cl)[C@H]1CC=C[C@@H]21. The number of nitriles is 1. The maximum atomic E-state index is 11.2. The van der Waals surface area contributed by atoms with E-state index in [0.717, 1.165) is 17.5 Å². The van der Waals surface area contributed by atoms with Gasteiger partial charge in [-0.3, -0.25) is 10.1 Å². The summed E-state index contributed by atoms with van der Waals surface area (Å²) in [5, 5.41) is 25.3. The molecule has 1 aliphatic carbocycles. The first-order chi connectivity index (χ1) is 12.5. The van der Waals surface area contributed by atoms with Gasteiger partial charge in [0.15, 0.2) is 0 Å². The van der Waals surface area contributed by atoms with E-state index in [1.165, 1.54) is 6.07 Å². The van der Waals surface area contributed by atoms with Gasteiger partial charge in [-0.1, -0.05) is 41.4 Å². The van der Waals surface area contributed by atoms with Crippen LogP contribution in [0.1, 0.15) is 35.1 Å². The van der Waals surface area contributed by atoms with E-state index >= 15 is 0 Å². The first-order valence-corrected chi connectivity index (χ1v) is 8.86. The molecule has 0 saturated carbocycles. The van der Waals surface area contributed by atoms with Crippen LogP contribution in [0.25, 0.3) is 0 Å². The topological polar surface area (TPSA) is 79.0 Å². The molecular formula is C19H13Cl2N3O2. The normalized spacial score (nSPS) is 22.9. The van der Waals surface area contributed by atoms with Crippen LogP contribution in [0.2, 0.25) is 10.0 Å². The molecule has 0 radical (unpaired) electrons. The van der Waals surface area contributed by atoms with Crippen molar-refractivity contribution in [2.75, 3.05) is 5.32 Å². The van der Waals surface area contributed by atoms with Gasteiger partial charge in [0.2, 0.25) is 0 Å². The molecule has 2 aliphatic rings. The van der Waals surface area contributed by atoms with Gasteiger partial charge >= 0.3 is 0 Å². The minimum absolute atomic E-state index is 0.0319. The minimum atomic E-state index is -0.466. The third kappa shape index (κ3) is 2.54. The van der Waals surface area contributed by atoms with Crippen LogP contribution < -0.4 is 5.32 Å². The van der Waals surface area contributed by atoms with Gasteiger partial charge in [0.05, 0.1) is 22.2 Å². The number of halogens is 2. The van der Waals surface area contributed by atoms with Crippen LogP contribution in [0.4, 0.5) is 11.4 Å². The van der Waals surface area contributed by atoms with Crippen molar-refractivity contribution < 1.29 is 4.92 Å². The van der Waals surface area contributed by atoms with Crippen LogP contribution in [-0.4, -0.2) is 4.92 Å². The summed E-state index contributed by atoms with van der Waals surface area (Å²) in [6.07, 6.45) is 4.91. The fourth-order valence-electron chi connectivity index (χ4n) is 3.97. The molecule has 2 aromatic carbocycles. The Hall–Kier alpha value is -2.55. The summed E-state index contributed by atoms with van der Waals surface area (Å²) >= 11 is 12.8. The lowest BCUT2D eigenvalue weighted by Gasteiger charge is -2.38. The second kappa shape index (κ2) is 6.31. The minimum Gasteiger partial charge on any atom is -0.376 e. The monoisotopic (exact) mass is 385 g/mol. The van der Waals surface area contributed by atoms with E-state index in [1.807, 2.05) is 6.08 Å². The van der Waals surface area contributed by atoms with Crippen molar-refractivity contribution in [2.45, 2.75) is 18.4 Å². The average molecular weight is 386 g/mol. The van der Waals surface area contributed by atoms with E-state index in [2.05, 4.69) is 17.5 Å². The van der Waals surface area contributed by atoms with Crippen molar-refractivity contribution in [2.24, 2.45) is 5.92 Å². The molecule has 26 heavy (non-hydrogen) atoms. The number of nitro benzene ring substituents is 1. The maximum Gasteiger partial charge on any atom is 0.271 e. The largest absolute Gasteiger partial charge is 0.376 e. The fourth-order valence-corrected chi connectivity index (χ4v) is 4.60. The Balaban J connectivity index is 1.91. The Morgan fingerprint density at radius 1 is 1.27 bits per heavy atom. The number of benzene rings is 2. The molecule has 0 spiro atoms. The van der Waals surface area contributed by atoms with Gasteiger partial charge in [0, 0.05) is 33.7 Å². The van der Waals surface area contributed by atoms with E-state index < -0.39 is 4.92 Å². The van der Waals surface area contributed by atoms with Crippen LogP contribution in [0.3, 0.4) is 0 Å². The highest BCUT2D eigenvalue weighted by molar-refractivity contribution is 6.36. The standard InChI is InChI=1S/C19H13Cl2N3O2/c20-15-5-2-6-16(21)17(15)19-13-4-1-3-12(13)14-8-11(24(25)26)7-10(9-22)18(14)23-19/h1-3,5-8,12-13,19,23H,4H2/t12-,13+,19-/m1/s1. The summed E-state index contributed by atoms with van der Waals surface area (Å²) in [7, 11) is 0. The van der Waals surface area contributed by atoms with Crippen molar-refractivity contribution in [3.63, 3.8) is 0 Å². The number of hydrogen-bond donors (Lipinski definition) is 1. The summed E-state index contributed by atoms with van der Waals surface area (Å²) < 4.78 is 0. The van der Waals surface area contributed by atoms with Crippen molar-refractivity contribution in [3.05, 3.63) is 79.3 Å². The van der Waals surface area contributed by atoms with Crippen LogP contribution in [0.5, 0.6) is 0 Å². The van der Waals surface area contributed by atoms with Crippen molar-refractivity contribution in [3.8, 4) is 6.07 Å². The molecule has 2 aromatic rings. The summed E-state index contributed by atoms with van der Waals surface area (Å²) in [4.78, 5) is 10.8. The Morgan fingerprint density at radius 2 is 2.00 bits per heavy atom. The number of rotatable bonds is 2. The summed E-state index contributed by atoms with van der Waals surface area (Å²) in [6.45, 7) is 0. The fraction of sp³-hybridized carbons (Fsp3) is 0.211. The summed E-state index contributed by atoms with van der Waals surface area (Å²) in [6, 6.07) is 10.1. The first kappa shape index (κ1) is 16.9. The number of anilines is 1. The van der Waals surface area contributed by atoms with Gasteiger partial charge in [-0.15, -0.1) is 0 Å². The molecule has 130 valence electrons. The number of non-ortho nitro benzene ring substituents is 1. The molecule has 1 N–H and O–H groups in total. The predicted molar refractivity (Wildman–Crippen MR) is 101 cm³/mol. The molecule has 0 amide bonds. The van der Waals surface area contributed by atoms with Crippen molar-refractivity contribution >= 4 is 34.6 Å². The Morgan fingerprint density at radius 3 is 2.65 bits per heavy atom. The van der Waals surface area contributed by atoms with E-state index in [9.17, 15) is 15.4 Å². The highest BCUT2D eigenvalue weighted by Gasteiger charge is 2.41. The third-order valence-corrected chi connectivity index (χ3v) is 5.75. The zero-order chi connectivity index (χ0) is 18.4. The van der Waals surface area contributed by atoms with Gasteiger partial charge in [-0.05, 0) is 30.0 Å². The molecule has 7 heteroatoms. The molecule has 1 heterocycles. The Bertz CT molecular complexity index is 977. The van der Waals surface area contributed by atoms with Gasteiger partial charge in [-0.25, -0.2) is 0 Å². The van der Waals surface area contributed by atoms with Gasteiger partial charge in [-0.2, -0.15) is 5.26 Å². The summed E-state index contributed by atoms with van der Waals surface area (Å²) in [5.41, 5.74) is 2.36. The van der Waals surface area contributed by atoms with E-state index in [1.54, 1.807) is 24.3 Å². The van der Waals surface area contributed by atoms with Crippen LogP contribution in [-0.2, 0) is 0 Å². The molecule has 3 atom stereocenters. The number of nitrogens with zero attached hydrogens (tertiary/aromatic N) is 2. The van der Waals surface area contributed by atoms with Gasteiger partial charge in [0.1, 0.15) is 6.07 Å². The van der Waals surface area contributed by atoms with Gasteiger partial charge in [0.25, 0.3) is 5.69 Å². The number of fused-ring (bicyclic) bond motifs is 3. The smallest absolute Gasteiger partial charge is 0.271 e. The molecular weight excluding hydrogens is 373 g/mol. The van der Waals surface area contributed by atoms with Crippen LogP contribution >= 0.6 is 23.2 Å². The second-order valence-corrected chi connectivity index (χ2v) is 7.25. The number of nitrogens with one attached hydrogen (secondary N) is 1. The van der Waals surface area contributed by atoms with Crippen molar-refractivity contribution in [1.82, 2.24) is 0 Å². The van der Waals surface area contributed by atoms with E-state index in [4.69, 9.17) is 23.2 Å². The van der Waals surface area contributed by atoms with Gasteiger partial charge < -0.3 is 5.32 Å². The molecule has 4 rings (SSSR count). The third-order valence-electron chi connectivity index (χ3n) is 5.10. The molecule has 0 aromatic heterocycles. The average Bonchev–Trinajstić information content (AvgIpc) is 3.10.